The van der Waals surface area contributed by atoms with Crippen molar-refractivity contribution in [2.24, 2.45) is 0 Å². The van der Waals surface area contributed by atoms with Crippen molar-refractivity contribution in [1.82, 2.24) is 5.32 Å². The molecule has 98 valence electrons. The smallest absolute Gasteiger partial charge is 0.287 e. The highest BCUT2D eigenvalue weighted by Gasteiger charge is 2.35. The summed E-state index contributed by atoms with van der Waals surface area (Å²) in [5.74, 6) is -0.0338. The van der Waals surface area contributed by atoms with Crippen LogP contribution in [0.2, 0.25) is 0 Å². The number of hydrogen-bond acceptors (Lipinski definition) is 3. The van der Waals surface area contributed by atoms with Gasteiger partial charge in [-0.05, 0) is 23.3 Å². The Hall–Kier alpha value is -2.07. The predicted molar refractivity (Wildman–Crippen MR) is 69.8 cm³/mol. The summed E-state index contributed by atoms with van der Waals surface area (Å²) in [6.45, 7) is 0.223. The van der Waals surface area contributed by atoms with E-state index in [1.54, 1.807) is 12.1 Å². The Morgan fingerprint density at radius 3 is 2.47 bits per heavy atom. The van der Waals surface area contributed by atoms with Crippen molar-refractivity contribution in [3.8, 4) is 0 Å². The number of carbonyl (C=O) groups excluding carboxylic acids is 1. The summed E-state index contributed by atoms with van der Waals surface area (Å²) in [7, 11) is 0. The van der Waals surface area contributed by atoms with E-state index in [1.165, 1.54) is 6.26 Å². The van der Waals surface area contributed by atoms with Crippen LogP contribution in [0.25, 0.3) is 0 Å². The molecule has 3 rings (SSSR count). The molecule has 0 saturated carbocycles. The number of fused-ring (bicyclic) bond motifs is 1. The first-order valence-corrected chi connectivity index (χ1v) is 6.27. The number of amides is 1. The molecule has 0 bridgehead atoms. The number of aliphatic hydroxyl groups is 1. The molecule has 0 saturated heterocycles. The quantitative estimate of drug-likeness (QED) is 0.876. The second-order valence-electron chi connectivity index (χ2n) is 5.01. The Labute approximate surface area is 111 Å². The topological polar surface area (TPSA) is 62.5 Å². The Morgan fingerprint density at radius 2 is 1.89 bits per heavy atom. The minimum atomic E-state index is -0.897. The number of hydrogen-bond donors (Lipinski definition) is 2. The molecule has 0 atom stereocenters. The molecule has 2 N–H and O–H groups in total. The zero-order chi connectivity index (χ0) is 13.3. The number of furan rings is 1. The molecule has 2 aromatic rings. The fourth-order valence-corrected chi connectivity index (χ4v) is 2.54. The van der Waals surface area contributed by atoms with Crippen molar-refractivity contribution in [1.29, 1.82) is 0 Å². The van der Waals surface area contributed by atoms with Crippen LogP contribution in [-0.2, 0) is 12.8 Å². The first-order valence-electron chi connectivity index (χ1n) is 6.27. The van der Waals surface area contributed by atoms with E-state index < -0.39 is 5.60 Å². The van der Waals surface area contributed by atoms with Gasteiger partial charge in [0.1, 0.15) is 0 Å². The Balaban J connectivity index is 1.64. The third kappa shape index (κ3) is 2.39. The van der Waals surface area contributed by atoms with E-state index in [2.05, 4.69) is 5.32 Å². The SMILES string of the molecule is O=C(NCC1(O)Cc2ccccc2C1)c1ccco1. The average Bonchev–Trinajstić information content (AvgIpc) is 3.02. The fraction of sp³-hybridized carbons (Fsp3) is 0.267. The summed E-state index contributed by atoms with van der Waals surface area (Å²) < 4.78 is 5.01. The maximum Gasteiger partial charge on any atom is 0.287 e. The van der Waals surface area contributed by atoms with Gasteiger partial charge in [0.15, 0.2) is 5.76 Å². The summed E-state index contributed by atoms with van der Waals surface area (Å²) in [4.78, 5) is 11.8. The van der Waals surface area contributed by atoms with Gasteiger partial charge in [-0.3, -0.25) is 4.79 Å². The van der Waals surface area contributed by atoms with Crippen LogP contribution in [0.3, 0.4) is 0 Å². The lowest BCUT2D eigenvalue weighted by Gasteiger charge is -2.22. The van der Waals surface area contributed by atoms with Gasteiger partial charge < -0.3 is 14.8 Å². The summed E-state index contributed by atoms with van der Waals surface area (Å²) in [6.07, 6.45) is 2.60. The Kier molecular flexibility index (Phi) is 2.87. The maximum atomic E-state index is 11.8. The van der Waals surface area contributed by atoms with Gasteiger partial charge in [-0.2, -0.15) is 0 Å². The van der Waals surface area contributed by atoms with Gasteiger partial charge in [-0.25, -0.2) is 0 Å². The molecule has 0 unspecified atom stereocenters. The van der Waals surface area contributed by atoms with Crippen LogP contribution in [0.1, 0.15) is 21.7 Å². The van der Waals surface area contributed by atoms with Crippen molar-refractivity contribution in [3.63, 3.8) is 0 Å². The average molecular weight is 257 g/mol. The zero-order valence-corrected chi connectivity index (χ0v) is 10.4. The Bertz CT molecular complexity index is 564. The normalized spacial score (nSPS) is 16.1. The number of benzene rings is 1. The summed E-state index contributed by atoms with van der Waals surface area (Å²) in [5, 5.41) is 13.2. The molecule has 1 aromatic carbocycles. The second kappa shape index (κ2) is 4.55. The highest BCUT2D eigenvalue weighted by Crippen LogP contribution is 2.29. The molecule has 0 spiro atoms. The van der Waals surface area contributed by atoms with Crippen LogP contribution in [-0.4, -0.2) is 23.2 Å². The lowest BCUT2D eigenvalue weighted by atomic mass is 10.0. The second-order valence-corrected chi connectivity index (χ2v) is 5.01. The van der Waals surface area contributed by atoms with E-state index in [9.17, 15) is 9.90 Å². The van der Waals surface area contributed by atoms with Gasteiger partial charge in [0.2, 0.25) is 0 Å². The fourth-order valence-electron chi connectivity index (χ4n) is 2.54. The number of carbonyl (C=O) groups is 1. The lowest BCUT2D eigenvalue weighted by molar-refractivity contribution is 0.0473. The minimum absolute atomic E-state index is 0.223. The molecule has 0 radical (unpaired) electrons. The highest BCUT2D eigenvalue weighted by atomic mass is 16.3. The third-order valence-electron chi connectivity index (χ3n) is 3.48. The van der Waals surface area contributed by atoms with E-state index in [4.69, 9.17) is 4.42 Å². The van der Waals surface area contributed by atoms with E-state index in [0.717, 1.165) is 11.1 Å². The summed E-state index contributed by atoms with van der Waals surface area (Å²) >= 11 is 0. The highest BCUT2D eigenvalue weighted by molar-refractivity contribution is 5.91. The molecular formula is C15H15NO3. The van der Waals surface area contributed by atoms with Gasteiger partial charge in [-0.1, -0.05) is 24.3 Å². The largest absolute Gasteiger partial charge is 0.459 e. The van der Waals surface area contributed by atoms with Crippen molar-refractivity contribution in [2.75, 3.05) is 6.54 Å². The maximum absolute atomic E-state index is 11.8. The molecule has 1 aromatic heterocycles. The van der Waals surface area contributed by atoms with Crippen molar-refractivity contribution >= 4 is 5.91 Å². The monoisotopic (exact) mass is 257 g/mol. The van der Waals surface area contributed by atoms with E-state index in [0.29, 0.717) is 12.8 Å². The molecule has 1 amide bonds. The van der Waals surface area contributed by atoms with E-state index in [1.807, 2.05) is 24.3 Å². The molecule has 0 fully saturated rings. The molecule has 4 nitrogen and oxygen atoms in total. The third-order valence-corrected chi connectivity index (χ3v) is 3.48. The van der Waals surface area contributed by atoms with Gasteiger partial charge >= 0.3 is 0 Å². The molecule has 0 aliphatic heterocycles. The van der Waals surface area contributed by atoms with Crippen LogP contribution in [0.15, 0.2) is 47.1 Å². The first kappa shape index (κ1) is 12.0. The van der Waals surface area contributed by atoms with Crippen LogP contribution < -0.4 is 5.32 Å². The number of rotatable bonds is 3. The predicted octanol–water partition coefficient (Wildman–Crippen LogP) is 1.54. The molecule has 1 heterocycles. The summed E-state index contributed by atoms with van der Waals surface area (Å²) in [6, 6.07) is 11.2. The molecule has 1 aliphatic rings. The Morgan fingerprint density at radius 1 is 1.21 bits per heavy atom. The van der Waals surface area contributed by atoms with Crippen molar-refractivity contribution < 1.29 is 14.3 Å². The molecule has 1 aliphatic carbocycles. The standard InChI is InChI=1S/C15H15NO3/c17-14(13-6-3-7-19-13)16-10-15(18)8-11-4-1-2-5-12(11)9-15/h1-7,18H,8-10H2,(H,16,17). The van der Waals surface area contributed by atoms with Crippen molar-refractivity contribution in [2.45, 2.75) is 18.4 Å². The molecule has 19 heavy (non-hydrogen) atoms. The van der Waals surface area contributed by atoms with Gasteiger partial charge in [0.25, 0.3) is 5.91 Å². The van der Waals surface area contributed by atoms with Crippen LogP contribution >= 0.6 is 0 Å². The molecule has 4 heteroatoms. The minimum Gasteiger partial charge on any atom is -0.459 e. The van der Waals surface area contributed by atoms with Crippen molar-refractivity contribution in [3.05, 3.63) is 59.5 Å². The van der Waals surface area contributed by atoms with Gasteiger partial charge in [-0.15, -0.1) is 0 Å². The first-order chi connectivity index (χ1) is 9.16. The van der Waals surface area contributed by atoms with Gasteiger partial charge in [0.05, 0.1) is 11.9 Å². The van der Waals surface area contributed by atoms with Gasteiger partial charge in [0, 0.05) is 19.4 Å². The van der Waals surface area contributed by atoms with Crippen LogP contribution in [0.5, 0.6) is 0 Å². The van der Waals surface area contributed by atoms with Crippen LogP contribution in [0.4, 0.5) is 0 Å². The lowest BCUT2D eigenvalue weighted by Crippen LogP contribution is -2.43. The van der Waals surface area contributed by atoms with Crippen LogP contribution in [0, 0.1) is 0 Å². The summed E-state index contributed by atoms with van der Waals surface area (Å²) in [5.41, 5.74) is 1.40. The molecular weight excluding hydrogens is 242 g/mol. The number of nitrogens with one attached hydrogen (secondary N) is 1. The zero-order valence-electron chi connectivity index (χ0n) is 10.4. The van der Waals surface area contributed by atoms with E-state index in [-0.39, 0.29) is 18.2 Å². The van der Waals surface area contributed by atoms with E-state index >= 15 is 0 Å².